The van der Waals surface area contributed by atoms with Gasteiger partial charge in [-0.05, 0) is 30.2 Å². The van der Waals surface area contributed by atoms with Crippen molar-refractivity contribution >= 4 is 28.3 Å². The van der Waals surface area contributed by atoms with Crippen LogP contribution in [0.15, 0.2) is 52.1 Å². The van der Waals surface area contributed by atoms with Crippen LogP contribution in [0.1, 0.15) is 13.8 Å². The fourth-order valence-corrected chi connectivity index (χ4v) is 3.42. The van der Waals surface area contributed by atoms with E-state index in [1.54, 1.807) is 24.3 Å². The number of nitrogens with zero attached hydrogens (tertiary/aromatic N) is 4. The number of aromatic nitrogens is 4. The Labute approximate surface area is 174 Å². The molecule has 0 radical (unpaired) electrons. The van der Waals surface area contributed by atoms with Crippen LogP contribution >= 0.6 is 0 Å². The van der Waals surface area contributed by atoms with Gasteiger partial charge in [0.25, 0.3) is 5.56 Å². The van der Waals surface area contributed by atoms with Gasteiger partial charge >= 0.3 is 5.69 Å². The molecule has 2 aromatic carbocycles. The molecule has 10 heteroatoms. The van der Waals surface area contributed by atoms with Gasteiger partial charge in [0, 0.05) is 12.6 Å². The summed E-state index contributed by atoms with van der Waals surface area (Å²) in [5.41, 5.74) is -0.891. The standard InChI is InChI=1S/C21H19F2N5O3/c1-12(2)10-26-19(30)14-5-3-4-6-17(14)28-20(26)25-27(21(28)31)11-18(29)24-16-9-13(22)7-8-15(16)23/h3-9,12H,10-11H2,1-2H3,(H,24,29). The van der Waals surface area contributed by atoms with Crippen LogP contribution in [0.25, 0.3) is 16.7 Å². The van der Waals surface area contributed by atoms with Crippen molar-refractivity contribution in [3.05, 3.63) is 74.9 Å². The number of amides is 1. The average Bonchev–Trinajstić information content (AvgIpc) is 3.04. The number of fused-ring (bicyclic) bond motifs is 3. The van der Waals surface area contributed by atoms with Crippen LogP contribution in [0.3, 0.4) is 0 Å². The van der Waals surface area contributed by atoms with E-state index in [0.717, 1.165) is 22.9 Å². The van der Waals surface area contributed by atoms with E-state index in [-0.39, 0.29) is 22.9 Å². The predicted octanol–water partition coefficient (Wildman–Crippen LogP) is 2.38. The summed E-state index contributed by atoms with van der Waals surface area (Å²) in [6, 6.07) is 9.29. The molecule has 0 fully saturated rings. The lowest BCUT2D eigenvalue weighted by atomic mass is 10.2. The van der Waals surface area contributed by atoms with Gasteiger partial charge in [-0.15, -0.1) is 5.10 Å². The summed E-state index contributed by atoms with van der Waals surface area (Å²) >= 11 is 0. The second-order valence-corrected chi connectivity index (χ2v) is 7.57. The Bertz CT molecular complexity index is 1430. The minimum absolute atomic E-state index is 0.0992. The Morgan fingerprint density at radius 3 is 2.61 bits per heavy atom. The SMILES string of the molecule is CC(C)Cn1c(=O)c2ccccc2n2c(=O)n(CC(=O)Nc3cc(F)ccc3F)nc12. The van der Waals surface area contributed by atoms with Gasteiger partial charge in [0.2, 0.25) is 11.7 Å². The largest absolute Gasteiger partial charge is 0.352 e. The van der Waals surface area contributed by atoms with Crippen LogP contribution in [0, 0.1) is 17.6 Å². The smallest absolute Gasteiger partial charge is 0.322 e. The summed E-state index contributed by atoms with van der Waals surface area (Å²) < 4.78 is 30.7. The first-order chi connectivity index (χ1) is 14.8. The Kier molecular flexibility index (Phi) is 5.14. The molecule has 31 heavy (non-hydrogen) atoms. The topological polar surface area (TPSA) is 90.4 Å². The van der Waals surface area contributed by atoms with Gasteiger partial charge < -0.3 is 5.32 Å². The number of hydrogen-bond donors (Lipinski definition) is 1. The highest BCUT2D eigenvalue weighted by Crippen LogP contribution is 2.15. The highest BCUT2D eigenvalue weighted by atomic mass is 19.1. The zero-order chi connectivity index (χ0) is 22.3. The molecule has 1 amide bonds. The second-order valence-electron chi connectivity index (χ2n) is 7.57. The minimum Gasteiger partial charge on any atom is -0.322 e. The van der Waals surface area contributed by atoms with E-state index >= 15 is 0 Å². The van der Waals surface area contributed by atoms with Crippen molar-refractivity contribution < 1.29 is 13.6 Å². The summed E-state index contributed by atoms with van der Waals surface area (Å²) in [5, 5.41) is 6.78. The third-order valence-electron chi connectivity index (χ3n) is 4.73. The Hall–Kier alpha value is -3.82. The number of hydrogen-bond acceptors (Lipinski definition) is 4. The molecular formula is C21H19F2N5O3. The van der Waals surface area contributed by atoms with Crippen LogP contribution < -0.4 is 16.6 Å². The number of benzene rings is 2. The summed E-state index contributed by atoms with van der Waals surface area (Å²) in [6.07, 6.45) is 0. The first-order valence-electron chi connectivity index (χ1n) is 9.62. The average molecular weight is 427 g/mol. The molecule has 0 unspecified atom stereocenters. The molecule has 0 aliphatic carbocycles. The molecule has 4 rings (SSSR count). The van der Waals surface area contributed by atoms with E-state index in [2.05, 4.69) is 10.4 Å². The van der Waals surface area contributed by atoms with E-state index in [9.17, 15) is 23.2 Å². The van der Waals surface area contributed by atoms with Gasteiger partial charge in [-0.2, -0.15) is 0 Å². The molecule has 0 spiro atoms. The minimum atomic E-state index is -0.811. The lowest BCUT2D eigenvalue weighted by Crippen LogP contribution is -2.29. The number of nitrogens with one attached hydrogen (secondary N) is 1. The molecule has 0 saturated carbocycles. The third kappa shape index (κ3) is 3.72. The van der Waals surface area contributed by atoms with E-state index < -0.39 is 29.8 Å². The molecule has 0 atom stereocenters. The Morgan fingerprint density at radius 2 is 1.87 bits per heavy atom. The lowest BCUT2D eigenvalue weighted by Gasteiger charge is -2.11. The lowest BCUT2D eigenvalue weighted by molar-refractivity contribution is -0.117. The number of anilines is 1. The number of carbonyl (C=O) groups excluding carboxylic acids is 1. The highest BCUT2D eigenvalue weighted by Gasteiger charge is 2.19. The summed E-state index contributed by atoms with van der Waals surface area (Å²) in [5.74, 6) is -2.09. The van der Waals surface area contributed by atoms with Crippen LogP contribution in [-0.2, 0) is 17.9 Å². The van der Waals surface area contributed by atoms with Gasteiger partial charge in [-0.25, -0.2) is 22.7 Å². The number of carbonyl (C=O) groups is 1. The van der Waals surface area contributed by atoms with E-state index in [4.69, 9.17) is 0 Å². The number of rotatable bonds is 5. The zero-order valence-electron chi connectivity index (χ0n) is 16.8. The summed E-state index contributed by atoms with van der Waals surface area (Å²) in [6.45, 7) is 3.63. The van der Waals surface area contributed by atoms with Gasteiger partial charge in [-0.1, -0.05) is 26.0 Å². The van der Waals surface area contributed by atoms with Gasteiger partial charge in [0.15, 0.2) is 0 Å². The second kappa shape index (κ2) is 7.78. The summed E-state index contributed by atoms with van der Waals surface area (Å²) in [7, 11) is 0. The fourth-order valence-electron chi connectivity index (χ4n) is 3.42. The van der Waals surface area contributed by atoms with Gasteiger partial charge in [-0.3, -0.25) is 14.2 Å². The van der Waals surface area contributed by atoms with Crippen molar-refractivity contribution in [3.63, 3.8) is 0 Å². The van der Waals surface area contributed by atoms with Crippen molar-refractivity contribution in [1.82, 2.24) is 18.7 Å². The normalized spacial score (nSPS) is 11.5. The Balaban J connectivity index is 1.81. The van der Waals surface area contributed by atoms with Gasteiger partial charge in [0.05, 0.1) is 16.6 Å². The fraction of sp³-hybridized carbons (Fsp3) is 0.238. The maximum absolute atomic E-state index is 13.8. The predicted molar refractivity (Wildman–Crippen MR) is 111 cm³/mol. The summed E-state index contributed by atoms with van der Waals surface area (Å²) in [4.78, 5) is 38.4. The molecule has 2 aromatic heterocycles. The maximum atomic E-state index is 13.8. The molecule has 0 aliphatic heterocycles. The van der Waals surface area contributed by atoms with Crippen molar-refractivity contribution in [3.8, 4) is 0 Å². The molecule has 160 valence electrons. The molecule has 0 aliphatic rings. The molecule has 0 saturated heterocycles. The highest BCUT2D eigenvalue weighted by molar-refractivity contribution is 5.90. The van der Waals surface area contributed by atoms with Crippen molar-refractivity contribution in [2.45, 2.75) is 26.9 Å². The van der Waals surface area contributed by atoms with Crippen LogP contribution in [0.4, 0.5) is 14.5 Å². The van der Waals surface area contributed by atoms with E-state index in [1.165, 1.54) is 8.97 Å². The maximum Gasteiger partial charge on any atom is 0.352 e. The molecule has 4 aromatic rings. The van der Waals surface area contributed by atoms with Crippen LogP contribution in [-0.4, -0.2) is 24.7 Å². The van der Waals surface area contributed by atoms with E-state index in [0.29, 0.717) is 17.4 Å². The first-order valence-corrected chi connectivity index (χ1v) is 9.62. The molecular weight excluding hydrogens is 408 g/mol. The zero-order valence-corrected chi connectivity index (χ0v) is 16.8. The first kappa shape index (κ1) is 20.5. The third-order valence-corrected chi connectivity index (χ3v) is 4.73. The number of halogens is 2. The monoisotopic (exact) mass is 427 g/mol. The van der Waals surface area contributed by atoms with E-state index in [1.807, 2.05) is 13.8 Å². The van der Waals surface area contributed by atoms with Crippen molar-refractivity contribution in [2.24, 2.45) is 5.92 Å². The molecule has 1 N–H and O–H groups in total. The van der Waals surface area contributed by atoms with Crippen molar-refractivity contribution in [1.29, 1.82) is 0 Å². The van der Waals surface area contributed by atoms with Gasteiger partial charge in [0.1, 0.15) is 18.2 Å². The Morgan fingerprint density at radius 1 is 1.13 bits per heavy atom. The number of para-hydroxylation sites is 1. The quantitative estimate of drug-likeness (QED) is 0.530. The molecule has 0 bridgehead atoms. The molecule has 8 nitrogen and oxygen atoms in total. The molecule has 2 heterocycles. The van der Waals surface area contributed by atoms with Crippen LogP contribution in [0.2, 0.25) is 0 Å². The van der Waals surface area contributed by atoms with Crippen LogP contribution in [0.5, 0.6) is 0 Å². The van der Waals surface area contributed by atoms with Crippen molar-refractivity contribution in [2.75, 3.05) is 5.32 Å².